The molecule has 0 heterocycles. The first-order valence-electron chi connectivity index (χ1n) is 12.5. The number of hydrogen-bond acceptors (Lipinski definition) is 5. The molecule has 36 heavy (non-hydrogen) atoms. The van der Waals surface area contributed by atoms with Crippen LogP contribution in [0.15, 0.2) is 53.4 Å². The second-order valence-corrected chi connectivity index (χ2v) is 10.9. The quantitative estimate of drug-likeness (QED) is 0.375. The zero-order valence-corrected chi connectivity index (χ0v) is 22.1. The third-order valence-electron chi connectivity index (χ3n) is 6.27. The molecule has 1 aliphatic rings. The molecule has 0 bridgehead atoms. The first kappa shape index (κ1) is 27.7. The lowest BCUT2D eigenvalue weighted by Crippen LogP contribution is -2.47. The highest BCUT2D eigenvalue weighted by atomic mass is 32.2. The van der Waals surface area contributed by atoms with Crippen molar-refractivity contribution in [3.05, 3.63) is 59.7 Å². The van der Waals surface area contributed by atoms with Crippen molar-refractivity contribution < 1.29 is 22.7 Å². The molecule has 0 aliphatic heterocycles. The van der Waals surface area contributed by atoms with Crippen molar-refractivity contribution in [1.82, 2.24) is 14.9 Å². The molecule has 2 amide bonds. The Kier molecular flexibility index (Phi) is 9.89. The molecule has 0 aromatic heterocycles. The van der Waals surface area contributed by atoms with Crippen LogP contribution in [0.25, 0.3) is 0 Å². The minimum Gasteiger partial charge on any atom is -0.497 e. The van der Waals surface area contributed by atoms with E-state index in [9.17, 15) is 18.0 Å². The van der Waals surface area contributed by atoms with Crippen molar-refractivity contribution in [1.29, 1.82) is 0 Å². The lowest BCUT2D eigenvalue weighted by molar-refractivity contribution is -0.140. The van der Waals surface area contributed by atoms with Gasteiger partial charge >= 0.3 is 0 Å². The lowest BCUT2D eigenvalue weighted by atomic mass is 10.1. The Morgan fingerprint density at radius 2 is 1.69 bits per heavy atom. The summed E-state index contributed by atoms with van der Waals surface area (Å²) in [6, 6.07) is 13.5. The number of nitrogens with zero attached hydrogens (tertiary/aromatic N) is 1. The largest absolute Gasteiger partial charge is 0.497 e. The van der Waals surface area contributed by atoms with Gasteiger partial charge in [0.2, 0.25) is 21.8 Å². The summed E-state index contributed by atoms with van der Waals surface area (Å²) in [5, 5.41) is 2.92. The number of sulfonamides is 1. The molecule has 196 valence electrons. The molecule has 1 atom stereocenters. The average molecular weight is 516 g/mol. The van der Waals surface area contributed by atoms with E-state index in [1.165, 1.54) is 0 Å². The summed E-state index contributed by atoms with van der Waals surface area (Å²) in [5.74, 6) is 0.402. The van der Waals surface area contributed by atoms with E-state index in [0.717, 1.165) is 42.6 Å². The van der Waals surface area contributed by atoms with Crippen LogP contribution in [0, 0.1) is 0 Å². The van der Waals surface area contributed by atoms with Crippen molar-refractivity contribution in [2.45, 2.75) is 75.9 Å². The van der Waals surface area contributed by atoms with Crippen LogP contribution in [0.3, 0.4) is 0 Å². The molecule has 1 fully saturated rings. The van der Waals surface area contributed by atoms with Gasteiger partial charge in [-0.15, -0.1) is 0 Å². The predicted molar refractivity (Wildman–Crippen MR) is 139 cm³/mol. The number of rotatable bonds is 14. The third-order valence-corrected chi connectivity index (χ3v) is 7.81. The first-order valence-corrected chi connectivity index (χ1v) is 14.0. The Bertz CT molecular complexity index is 1110. The number of unbranched alkanes of at least 4 members (excludes halogenated alkanes) is 1. The molecule has 0 saturated heterocycles. The molecular formula is C27H37N3O5S. The van der Waals surface area contributed by atoms with Gasteiger partial charge in [0.25, 0.3) is 0 Å². The smallest absolute Gasteiger partial charge is 0.242 e. The number of ether oxygens (including phenoxy) is 1. The maximum atomic E-state index is 13.3. The Balaban J connectivity index is 1.66. The number of aryl methyl sites for hydroxylation is 1. The maximum absolute atomic E-state index is 13.3. The van der Waals surface area contributed by atoms with Crippen LogP contribution in [0.1, 0.15) is 57.1 Å². The summed E-state index contributed by atoms with van der Waals surface area (Å²) in [7, 11) is -1.91. The summed E-state index contributed by atoms with van der Waals surface area (Å²) in [4.78, 5) is 27.9. The highest BCUT2D eigenvalue weighted by Gasteiger charge is 2.28. The van der Waals surface area contributed by atoms with Crippen LogP contribution < -0.4 is 14.8 Å². The number of benzene rings is 2. The number of nitrogens with one attached hydrogen (secondary N) is 2. The SMILES string of the molecule is CCCCNC(=O)C(C)N(Cc1ccc(OC)cc1)C(=O)CCc1ccc(S(=O)(=O)NC2CC2)cc1. The van der Waals surface area contributed by atoms with Crippen LogP contribution in [-0.4, -0.2) is 50.9 Å². The number of carbonyl (C=O) groups excluding carboxylic acids is 2. The van der Waals surface area contributed by atoms with Gasteiger partial charge < -0.3 is 15.0 Å². The van der Waals surface area contributed by atoms with Gasteiger partial charge in [0.05, 0.1) is 12.0 Å². The van der Waals surface area contributed by atoms with Gasteiger partial charge in [-0.25, -0.2) is 13.1 Å². The molecule has 1 aliphatic carbocycles. The monoisotopic (exact) mass is 515 g/mol. The van der Waals surface area contributed by atoms with Crippen molar-refractivity contribution >= 4 is 21.8 Å². The van der Waals surface area contributed by atoms with Gasteiger partial charge in [-0.2, -0.15) is 0 Å². The van der Waals surface area contributed by atoms with Gasteiger partial charge in [0.15, 0.2) is 0 Å². The maximum Gasteiger partial charge on any atom is 0.242 e. The number of hydrogen-bond donors (Lipinski definition) is 2. The average Bonchev–Trinajstić information content (AvgIpc) is 3.69. The Morgan fingerprint density at radius 3 is 2.28 bits per heavy atom. The molecular weight excluding hydrogens is 478 g/mol. The zero-order valence-electron chi connectivity index (χ0n) is 21.3. The predicted octanol–water partition coefficient (Wildman–Crippen LogP) is 3.40. The number of methoxy groups -OCH3 is 1. The zero-order chi connectivity index (χ0) is 26.1. The highest BCUT2D eigenvalue weighted by Crippen LogP contribution is 2.22. The normalized spacial score (nSPS) is 14.2. The fourth-order valence-electron chi connectivity index (χ4n) is 3.77. The van der Waals surface area contributed by atoms with Crippen LogP contribution in [0.2, 0.25) is 0 Å². The Hall–Kier alpha value is -2.91. The van der Waals surface area contributed by atoms with Crippen LogP contribution in [-0.2, 0) is 32.6 Å². The highest BCUT2D eigenvalue weighted by molar-refractivity contribution is 7.89. The van der Waals surface area contributed by atoms with E-state index in [1.54, 1.807) is 43.2 Å². The van der Waals surface area contributed by atoms with Gasteiger partial charge in [-0.3, -0.25) is 9.59 Å². The lowest BCUT2D eigenvalue weighted by Gasteiger charge is -2.29. The number of amides is 2. The van der Waals surface area contributed by atoms with E-state index < -0.39 is 16.1 Å². The summed E-state index contributed by atoms with van der Waals surface area (Å²) in [5.41, 5.74) is 1.76. The first-order chi connectivity index (χ1) is 17.2. The summed E-state index contributed by atoms with van der Waals surface area (Å²) in [6.45, 7) is 4.68. The van der Waals surface area contributed by atoms with E-state index in [0.29, 0.717) is 19.5 Å². The van der Waals surface area contributed by atoms with Crippen molar-refractivity contribution in [2.75, 3.05) is 13.7 Å². The van der Waals surface area contributed by atoms with Crippen LogP contribution in [0.4, 0.5) is 0 Å². The van der Waals surface area contributed by atoms with Gasteiger partial charge in [0.1, 0.15) is 11.8 Å². The van der Waals surface area contributed by atoms with Crippen molar-refractivity contribution in [3.8, 4) is 5.75 Å². The molecule has 2 N–H and O–H groups in total. The van der Waals surface area contributed by atoms with E-state index >= 15 is 0 Å². The van der Waals surface area contributed by atoms with Crippen molar-refractivity contribution in [3.63, 3.8) is 0 Å². The minimum atomic E-state index is -3.51. The second kappa shape index (κ2) is 12.9. The van der Waals surface area contributed by atoms with E-state index in [1.807, 2.05) is 24.3 Å². The van der Waals surface area contributed by atoms with Gasteiger partial charge in [0, 0.05) is 25.6 Å². The molecule has 0 spiro atoms. The van der Waals surface area contributed by atoms with E-state index in [2.05, 4.69) is 17.0 Å². The topological polar surface area (TPSA) is 105 Å². The molecule has 1 saturated carbocycles. The molecule has 2 aromatic carbocycles. The molecule has 2 aromatic rings. The standard InChI is InChI=1S/C27H37N3O5S/c1-4-5-18-28-27(32)20(2)30(19-22-6-13-24(35-3)14-7-22)26(31)17-10-21-8-15-25(16-9-21)36(33,34)29-23-11-12-23/h6-9,13-16,20,23,29H,4-5,10-12,17-19H2,1-3H3,(H,28,32). The van der Waals surface area contributed by atoms with Gasteiger partial charge in [-0.05, 0) is 68.0 Å². The van der Waals surface area contributed by atoms with E-state index in [4.69, 9.17) is 4.74 Å². The molecule has 9 heteroatoms. The molecule has 8 nitrogen and oxygen atoms in total. The fraction of sp³-hybridized carbons (Fsp3) is 0.481. The van der Waals surface area contributed by atoms with Crippen molar-refractivity contribution in [2.24, 2.45) is 0 Å². The summed E-state index contributed by atoms with van der Waals surface area (Å²) >= 11 is 0. The Morgan fingerprint density at radius 1 is 1.06 bits per heavy atom. The minimum absolute atomic E-state index is 0.0464. The number of carbonyl (C=O) groups is 2. The van der Waals surface area contributed by atoms with Gasteiger partial charge in [-0.1, -0.05) is 37.6 Å². The third kappa shape index (κ3) is 8.06. The van der Waals surface area contributed by atoms with E-state index in [-0.39, 0.29) is 29.2 Å². The summed E-state index contributed by atoms with van der Waals surface area (Å²) < 4.78 is 32.6. The fourth-order valence-corrected chi connectivity index (χ4v) is 5.07. The van der Waals surface area contributed by atoms with Crippen LogP contribution in [0.5, 0.6) is 5.75 Å². The summed E-state index contributed by atoms with van der Waals surface area (Å²) in [6.07, 6.45) is 4.25. The molecule has 3 rings (SSSR count). The molecule has 0 radical (unpaired) electrons. The molecule has 1 unspecified atom stereocenters. The van der Waals surface area contributed by atoms with Crippen LogP contribution >= 0.6 is 0 Å². The second-order valence-electron chi connectivity index (χ2n) is 9.23. The Labute approximate surface area is 214 Å².